The van der Waals surface area contributed by atoms with E-state index >= 15 is 0 Å². The minimum absolute atomic E-state index is 0.461. The molecule has 0 unspecified atom stereocenters. The van der Waals surface area contributed by atoms with Crippen molar-refractivity contribution in [1.29, 1.82) is 0 Å². The lowest BCUT2D eigenvalue weighted by molar-refractivity contribution is 0.256. The molecule has 8 nitrogen and oxygen atoms in total. The maximum Gasteiger partial charge on any atom is 0.333 e. The number of carbonyl (C=O) groups excluding carboxylic acids is 1. The average molecular weight is 404 g/mol. The van der Waals surface area contributed by atoms with Gasteiger partial charge in [-0.3, -0.25) is 0 Å². The number of urea groups is 1. The Morgan fingerprint density at radius 2 is 2.00 bits per heavy atom. The second-order valence-electron chi connectivity index (χ2n) is 6.87. The molecule has 0 spiro atoms. The highest BCUT2D eigenvalue weighted by Crippen LogP contribution is 2.40. The molecule has 1 heterocycles. The Morgan fingerprint density at radius 3 is 2.68 bits per heavy atom. The molecule has 0 radical (unpaired) electrons. The number of nitrogens with one attached hydrogen (secondary N) is 2. The van der Waals surface area contributed by atoms with E-state index in [0.717, 1.165) is 45.8 Å². The molecule has 0 aliphatic heterocycles. The van der Waals surface area contributed by atoms with Gasteiger partial charge in [0.1, 0.15) is 0 Å². The van der Waals surface area contributed by atoms with Gasteiger partial charge in [0.25, 0.3) is 0 Å². The fourth-order valence-electron chi connectivity index (χ4n) is 3.43. The number of nitrogens with zero attached hydrogens (tertiary/aromatic N) is 2. The third-order valence-electron chi connectivity index (χ3n) is 4.77. The van der Waals surface area contributed by atoms with Crippen LogP contribution in [0.15, 0.2) is 24.4 Å². The van der Waals surface area contributed by atoms with Gasteiger partial charge in [-0.2, -0.15) is 12.7 Å². The Kier molecular flexibility index (Phi) is 5.57. The first-order valence-corrected chi connectivity index (χ1v) is 10.3. The molecule has 9 heteroatoms. The fraction of sp³-hybridized carbons (Fsp3) is 0.368. The van der Waals surface area contributed by atoms with Crippen molar-refractivity contribution in [2.24, 2.45) is 0 Å². The molecule has 1 aromatic carbocycles. The summed E-state index contributed by atoms with van der Waals surface area (Å²) in [7, 11) is 0.365. The number of hydrogen-bond donors (Lipinski definition) is 2. The zero-order valence-electron chi connectivity index (χ0n) is 16.4. The summed E-state index contributed by atoms with van der Waals surface area (Å²) in [6, 6.07) is 4.97. The number of aromatic nitrogens is 1. The number of benzene rings is 1. The third-order valence-corrected chi connectivity index (χ3v) is 6.18. The topological polar surface area (TPSA) is 101 Å². The van der Waals surface area contributed by atoms with E-state index in [1.54, 1.807) is 19.4 Å². The number of rotatable bonds is 5. The third kappa shape index (κ3) is 3.95. The number of hydrogen-bond acceptors (Lipinski definition) is 5. The van der Waals surface area contributed by atoms with E-state index in [-0.39, 0.29) is 0 Å². The van der Waals surface area contributed by atoms with Crippen LogP contribution in [0, 0.1) is 6.92 Å². The van der Waals surface area contributed by atoms with Gasteiger partial charge in [-0.1, -0.05) is 6.07 Å². The number of ether oxygens (including phenoxy) is 1. The van der Waals surface area contributed by atoms with Crippen LogP contribution >= 0.6 is 0 Å². The molecule has 28 heavy (non-hydrogen) atoms. The first-order chi connectivity index (χ1) is 13.2. The first kappa shape index (κ1) is 20.1. The Balaban J connectivity index is 2.07. The van der Waals surface area contributed by atoms with Crippen molar-refractivity contribution in [2.75, 3.05) is 26.5 Å². The zero-order chi connectivity index (χ0) is 20.5. The van der Waals surface area contributed by atoms with Crippen LogP contribution in [0.25, 0.3) is 11.1 Å². The van der Waals surface area contributed by atoms with Crippen molar-refractivity contribution < 1.29 is 17.9 Å². The lowest BCUT2D eigenvalue weighted by atomic mass is 9.93. The molecule has 150 valence electrons. The van der Waals surface area contributed by atoms with Crippen molar-refractivity contribution >= 4 is 21.9 Å². The zero-order valence-corrected chi connectivity index (χ0v) is 17.2. The lowest BCUT2D eigenvalue weighted by Crippen LogP contribution is -2.41. The molecule has 0 saturated heterocycles. The number of carbonyl (C=O) groups is 1. The van der Waals surface area contributed by atoms with Gasteiger partial charge < -0.3 is 10.1 Å². The van der Waals surface area contributed by atoms with Crippen LogP contribution in [0.5, 0.6) is 5.88 Å². The fourth-order valence-corrected chi connectivity index (χ4v) is 3.90. The monoisotopic (exact) mass is 404 g/mol. The predicted molar refractivity (Wildman–Crippen MR) is 108 cm³/mol. The molecular formula is C19H24N4O4S. The van der Waals surface area contributed by atoms with Crippen molar-refractivity contribution in [2.45, 2.75) is 26.2 Å². The summed E-state index contributed by atoms with van der Waals surface area (Å²) < 4.78 is 32.2. The average Bonchev–Trinajstić information content (AvgIpc) is 3.09. The minimum Gasteiger partial charge on any atom is -0.481 e. The number of aryl methyl sites for hydroxylation is 2. The summed E-state index contributed by atoms with van der Waals surface area (Å²) in [6.07, 6.45) is 4.38. The van der Waals surface area contributed by atoms with E-state index < -0.39 is 16.2 Å². The van der Waals surface area contributed by atoms with Crippen molar-refractivity contribution in [3.63, 3.8) is 0 Å². The summed E-state index contributed by atoms with van der Waals surface area (Å²) >= 11 is 0. The number of anilines is 1. The minimum atomic E-state index is -3.89. The molecule has 0 atom stereocenters. The van der Waals surface area contributed by atoms with Crippen LogP contribution in [-0.4, -0.2) is 44.9 Å². The molecular weight excluding hydrogens is 380 g/mol. The van der Waals surface area contributed by atoms with Crippen LogP contribution in [0.4, 0.5) is 10.5 Å². The summed E-state index contributed by atoms with van der Waals surface area (Å²) in [5.41, 5.74) is 5.50. The molecule has 2 N–H and O–H groups in total. The van der Waals surface area contributed by atoms with Gasteiger partial charge in [0, 0.05) is 31.9 Å². The van der Waals surface area contributed by atoms with E-state index in [1.807, 2.05) is 17.7 Å². The van der Waals surface area contributed by atoms with Gasteiger partial charge in [-0.25, -0.2) is 14.5 Å². The van der Waals surface area contributed by atoms with Gasteiger partial charge >= 0.3 is 16.2 Å². The molecule has 1 aromatic heterocycles. The van der Waals surface area contributed by atoms with Crippen LogP contribution < -0.4 is 14.8 Å². The Hall–Kier alpha value is -2.65. The van der Waals surface area contributed by atoms with Crippen molar-refractivity contribution in [3.05, 3.63) is 41.1 Å². The highest BCUT2D eigenvalue weighted by atomic mass is 32.2. The summed E-state index contributed by atoms with van der Waals surface area (Å²) in [5.74, 6) is 0.461. The molecule has 0 fully saturated rings. The number of amides is 2. The lowest BCUT2D eigenvalue weighted by Gasteiger charge is -2.20. The van der Waals surface area contributed by atoms with Crippen LogP contribution in [0.1, 0.15) is 23.1 Å². The maximum atomic E-state index is 12.5. The highest BCUT2D eigenvalue weighted by Gasteiger charge is 2.24. The normalized spacial score (nSPS) is 13.3. The Labute approximate surface area is 165 Å². The predicted octanol–water partition coefficient (Wildman–Crippen LogP) is 2.48. The van der Waals surface area contributed by atoms with E-state index in [1.165, 1.54) is 19.7 Å². The molecule has 1 aliphatic carbocycles. The standard InChI is InChI=1S/C19H24N4O4S/c1-12-10-13-6-5-7-15(13)18(21-19(24)22-28(25,26)23(2)3)17(12)14-8-9-20-16(11-14)27-4/h8-11H,5-7H2,1-4H3,(H2,21,22,24). The summed E-state index contributed by atoms with van der Waals surface area (Å²) in [5, 5.41) is 2.78. The Morgan fingerprint density at radius 1 is 1.25 bits per heavy atom. The van der Waals surface area contributed by atoms with E-state index in [9.17, 15) is 13.2 Å². The highest BCUT2D eigenvalue weighted by molar-refractivity contribution is 7.87. The molecule has 2 amide bonds. The van der Waals surface area contributed by atoms with E-state index in [0.29, 0.717) is 11.6 Å². The second kappa shape index (κ2) is 7.76. The van der Waals surface area contributed by atoms with Crippen LogP contribution in [0.3, 0.4) is 0 Å². The molecule has 2 aromatic rings. The van der Waals surface area contributed by atoms with E-state index in [2.05, 4.69) is 16.4 Å². The molecule has 0 saturated carbocycles. The Bertz CT molecular complexity index is 1020. The van der Waals surface area contributed by atoms with Crippen LogP contribution in [-0.2, 0) is 23.1 Å². The van der Waals surface area contributed by atoms with Gasteiger partial charge in [0.2, 0.25) is 5.88 Å². The van der Waals surface area contributed by atoms with Gasteiger partial charge in [0.05, 0.1) is 12.8 Å². The van der Waals surface area contributed by atoms with E-state index in [4.69, 9.17) is 4.74 Å². The largest absolute Gasteiger partial charge is 0.481 e. The van der Waals surface area contributed by atoms with Gasteiger partial charge in [0.15, 0.2) is 0 Å². The van der Waals surface area contributed by atoms with Gasteiger partial charge in [-0.05, 0) is 54.5 Å². The quantitative estimate of drug-likeness (QED) is 0.797. The first-order valence-electron chi connectivity index (χ1n) is 8.90. The summed E-state index contributed by atoms with van der Waals surface area (Å²) in [4.78, 5) is 16.6. The molecule has 0 bridgehead atoms. The maximum absolute atomic E-state index is 12.5. The molecule has 3 rings (SSSR count). The van der Waals surface area contributed by atoms with Gasteiger partial charge in [-0.15, -0.1) is 0 Å². The number of pyridine rings is 1. The smallest absolute Gasteiger partial charge is 0.333 e. The van der Waals surface area contributed by atoms with Crippen molar-refractivity contribution in [3.8, 4) is 17.0 Å². The number of methoxy groups -OCH3 is 1. The van der Waals surface area contributed by atoms with Crippen molar-refractivity contribution in [1.82, 2.24) is 14.0 Å². The van der Waals surface area contributed by atoms with Crippen LogP contribution in [0.2, 0.25) is 0 Å². The number of fused-ring (bicyclic) bond motifs is 1. The SMILES string of the molecule is COc1cc(-c2c(C)cc3c(c2NC(=O)NS(=O)(=O)N(C)C)CCC3)ccn1. The molecule has 1 aliphatic rings. The summed E-state index contributed by atoms with van der Waals surface area (Å²) in [6.45, 7) is 1.97. The second-order valence-corrected chi connectivity index (χ2v) is 8.75.